The summed E-state index contributed by atoms with van der Waals surface area (Å²) in [5.74, 6) is 1.34. The summed E-state index contributed by atoms with van der Waals surface area (Å²) in [4.78, 5) is 10.1. The minimum absolute atomic E-state index is 0.143. The summed E-state index contributed by atoms with van der Waals surface area (Å²) in [6, 6.07) is 92.1. The number of pyridine rings is 1. The molecule has 8 heteroatoms. The van der Waals surface area contributed by atoms with E-state index in [1.165, 1.54) is 22.3 Å². The second-order valence-electron chi connectivity index (χ2n) is 24.7. The Morgan fingerprint density at radius 3 is 1.67 bits per heavy atom. The van der Waals surface area contributed by atoms with Crippen molar-refractivity contribution in [3.8, 4) is 67.5 Å². The number of anilines is 4. The van der Waals surface area contributed by atoms with Gasteiger partial charge in [0.25, 0.3) is 0 Å². The van der Waals surface area contributed by atoms with Crippen LogP contribution in [0.4, 0.5) is 22.9 Å². The first-order valence-electron chi connectivity index (χ1n) is 30.7. The van der Waals surface area contributed by atoms with Crippen LogP contribution in [-0.4, -0.2) is 21.1 Å². The van der Waals surface area contributed by atoms with E-state index in [1.807, 2.05) is 50.2 Å². The van der Waals surface area contributed by atoms with Gasteiger partial charge in [0.1, 0.15) is 0 Å². The summed E-state index contributed by atoms with van der Waals surface area (Å²) in [5.41, 5.74) is 19.3. The topological polar surface area (TPSA) is 38.5 Å². The van der Waals surface area contributed by atoms with Gasteiger partial charge < -0.3 is 0 Å². The van der Waals surface area contributed by atoms with Gasteiger partial charge in [-0.15, -0.1) is 0 Å². The van der Waals surface area contributed by atoms with Crippen molar-refractivity contribution in [2.24, 2.45) is 5.92 Å². The Morgan fingerprint density at radius 2 is 1.01 bits per heavy atom. The molecule has 426 valence electrons. The van der Waals surface area contributed by atoms with Crippen molar-refractivity contribution in [2.45, 2.75) is 72.6 Å². The number of nitrogens with zero attached hydrogens (tertiary/aromatic N) is 5. The molecule has 0 saturated carbocycles. The summed E-state index contributed by atoms with van der Waals surface area (Å²) < 4.78 is 32.1. The molecule has 0 spiro atoms. The molecule has 13 rings (SSSR count). The van der Waals surface area contributed by atoms with Crippen LogP contribution >= 0.6 is 0 Å². The van der Waals surface area contributed by atoms with Gasteiger partial charge >= 0.3 is 440 Å². The first-order valence-corrected chi connectivity index (χ1v) is 30.9. The van der Waals surface area contributed by atoms with E-state index in [9.17, 15) is 2.74 Å². The summed E-state index contributed by atoms with van der Waals surface area (Å²) in [6.07, 6.45) is -1.66. The molecule has 0 saturated heterocycles. The maximum atomic E-state index is 9.54. The van der Waals surface area contributed by atoms with Gasteiger partial charge in [-0.2, -0.15) is 0 Å². The van der Waals surface area contributed by atoms with Crippen molar-refractivity contribution in [2.75, 3.05) is 9.62 Å². The zero-order chi connectivity index (χ0) is 61.1. The van der Waals surface area contributed by atoms with Gasteiger partial charge in [-0.25, -0.2) is 0 Å². The van der Waals surface area contributed by atoms with Crippen LogP contribution in [-0.2, 0) is 36.6 Å². The number of benzene rings is 10. The van der Waals surface area contributed by atoms with Crippen LogP contribution in [0.2, 0.25) is 0 Å². The van der Waals surface area contributed by atoms with Gasteiger partial charge in [-0.05, 0) is 18.2 Å². The van der Waals surface area contributed by atoms with E-state index in [-0.39, 0.29) is 23.7 Å². The Bertz CT molecular complexity index is 4610. The monoisotopic (exact) mass is 1300 g/mol. The molecule has 3 heterocycles. The van der Waals surface area contributed by atoms with E-state index in [1.54, 1.807) is 0 Å². The SMILES string of the molecule is [2H]C([2H])(c1ccccc1-c1ccc(-n2[c](=[Pt])n(-c3c(-c4ccccc4)cc(C(C)(C)C)cc3-c3cc(-c4ccccc4)cc(C(C)(C)C)c3)c3ccccc32)cc1Oc1cccc(N2B(c3ccccc3)N(c3ccccc3)c3ccccc32)n1)C(C)C. The number of fused-ring (bicyclic) bond motifs is 2. The Kier molecular flexibility index (Phi) is 14.4. The van der Waals surface area contributed by atoms with Crippen LogP contribution < -0.4 is 19.8 Å². The van der Waals surface area contributed by atoms with E-state index < -0.39 is 6.37 Å². The Hall–Kier alpha value is -9.03. The Morgan fingerprint density at radius 1 is 0.465 bits per heavy atom. The summed E-state index contributed by atoms with van der Waals surface area (Å²) in [7, 11) is 0. The summed E-state index contributed by atoms with van der Waals surface area (Å²) >= 11 is 2.54. The van der Waals surface area contributed by atoms with Gasteiger partial charge in [-0.1, -0.05) is 60.7 Å². The molecule has 0 bridgehead atoms. The molecule has 0 fully saturated rings. The van der Waals surface area contributed by atoms with E-state index in [2.05, 4.69) is 304 Å². The second kappa shape index (κ2) is 23.1. The van der Waals surface area contributed by atoms with E-state index in [4.69, 9.17) is 9.72 Å². The van der Waals surface area contributed by atoms with Crippen LogP contribution in [0, 0.1) is 9.72 Å². The molecule has 6 nitrogen and oxygen atoms in total. The molecule has 0 atom stereocenters. The number of aromatic nitrogens is 3. The van der Waals surface area contributed by atoms with Gasteiger partial charge in [0.05, 0.1) is 0 Å². The molecule has 0 aliphatic carbocycles. The zero-order valence-electron chi connectivity index (χ0n) is 51.9. The first-order chi connectivity index (χ1) is 42.4. The van der Waals surface area contributed by atoms with Crippen molar-refractivity contribution in [1.29, 1.82) is 0 Å². The maximum absolute atomic E-state index is 9.54. The van der Waals surface area contributed by atoms with Crippen molar-refractivity contribution in [3.63, 3.8) is 0 Å². The third kappa shape index (κ3) is 10.8. The fraction of sp³-hybridized carbons (Fsp3) is 0.154. The molecular weight excluding hydrogens is 1230 g/mol. The molecular formula is C78H70BN5OPt. The number of ether oxygens (including phenoxy) is 1. The third-order valence-corrected chi connectivity index (χ3v) is 17.3. The fourth-order valence-corrected chi connectivity index (χ4v) is 13.2. The quantitative estimate of drug-likeness (QED) is 0.108. The van der Waals surface area contributed by atoms with Crippen LogP contribution in [0.3, 0.4) is 0 Å². The van der Waals surface area contributed by atoms with E-state index >= 15 is 0 Å². The first kappa shape index (κ1) is 53.7. The van der Waals surface area contributed by atoms with Crippen LogP contribution in [0.1, 0.15) is 74.8 Å². The minimum atomic E-state index is -1.66. The van der Waals surface area contributed by atoms with E-state index in [0.29, 0.717) is 23.0 Å². The Balaban J connectivity index is 1.03. The summed E-state index contributed by atoms with van der Waals surface area (Å²) in [6.45, 7) is 17.4. The van der Waals surface area contributed by atoms with Crippen LogP contribution in [0.5, 0.6) is 11.6 Å². The molecule has 0 radical (unpaired) electrons. The third-order valence-electron chi connectivity index (χ3n) is 16.3. The average Bonchev–Trinajstić information content (AvgIpc) is 1.85. The molecule has 1 aliphatic heterocycles. The number of hydrogen-bond donors (Lipinski definition) is 0. The van der Waals surface area contributed by atoms with Gasteiger partial charge in [0, 0.05) is 5.69 Å². The molecule has 2 aromatic heterocycles. The number of para-hydroxylation sites is 5. The molecule has 0 unspecified atom stereocenters. The number of hydrogen-bond acceptors (Lipinski definition) is 4. The fourth-order valence-electron chi connectivity index (χ4n) is 12.1. The van der Waals surface area contributed by atoms with Crippen LogP contribution in [0.25, 0.3) is 66.9 Å². The predicted molar refractivity (Wildman–Crippen MR) is 357 cm³/mol. The Labute approximate surface area is 521 Å². The van der Waals surface area contributed by atoms with Crippen molar-refractivity contribution in [1.82, 2.24) is 14.1 Å². The molecule has 0 amide bonds. The molecule has 1 aliphatic rings. The molecule has 10 aromatic carbocycles. The molecule has 12 aromatic rings. The normalized spacial score (nSPS) is 13.1. The average molecular weight is 1300 g/mol. The van der Waals surface area contributed by atoms with Crippen molar-refractivity contribution < 1.29 is 26.8 Å². The van der Waals surface area contributed by atoms with Crippen LogP contribution in [0.15, 0.2) is 261 Å². The van der Waals surface area contributed by atoms with Crippen molar-refractivity contribution >= 4 is 46.4 Å². The zero-order valence-corrected chi connectivity index (χ0v) is 52.2. The second-order valence-corrected chi connectivity index (χ2v) is 25.7. The molecule has 86 heavy (non-hydrogen) atoms. The van der Waals surface area contributed by atoms with E-state index in [0.717, 1.165) is 82.1 Å². The van der Waals surface area contributed by atoms with Gasteiger partial charge in [-0.3, -0.25) is 0 Å². The van der Waals surface area contributed by atoms with Crippen molar-refractivity contribution in [3.05, 3.63) is 281 Å². The molecule has 0 N–H and O–H groups in total. The number of rotatable bonds is 13. The number of imidazole rings is 1. The standard InChI is InChI=1S/C78H70BN5O.Pt/c1-54(2)46-57-32-21-22-37-65(57)66-45-44-64(52-73(66)85-75-43-27-42-74(80-75)84-72-41-26-25-40-71(72)83(63-35-19-12-20-36-63)79(84)62-33-17-11-18-34-62)81-53-82(70-39-24-23-38-69(70)81)76-67(56-30-15-10-16-31-56)50-61(78(6,7)8)51-68(76)59-47-58(55-28-13-9-14-29-55)48-60(49-59)77(3,4)5;/h9-45,47-52,54H,46H2,1-8H3;/i46D2;. The van der Waals surface area contributed by atoms with Gasteiger partial charge in [0.15, 0.2) is 0 Å². The summed E-state index contributed by atoms with van der Waals surface area (Å²) in [5, 5.41) is 0. The van der Waals surface area contributed by atoms with Gasteiger partial charge in [0.2, 0.25) is 0 Å². The predicted octanol–water partition coefficient (Wildman–Crippen LogP) is 19.8.